The summed E-state index contributed by atoms with van der Waals surface area (Å²) in [4.78, 5) is 4.04. The molecule has 2 rings (SSSR count). The Morgan fingerprint density at radius 2 is 2.12 bits per heavy atom. The lowest BCUT2D eigenvalue weighted by molar-refractivity contribution is 0.304. The van der Waals surface area contributed by atoms with Crippen molar-refractivity contribution in [3.05, 3.63) is 53.7 Å². The monoisotopic (exact) mass is 229 g/mol. The first-order valence-corrected chi connectivity index (χ1v) is 5.39. The van der Waals surface area contributed by atoms with Crippen LogP contribution < -0.4 is 16.0 Å². The normalized spacial score (nSPS) is 10.0. The summed E-state index contributed by atoms with van der Waals surface area (Å²) in [6, 6.07) is 11.7. The Hall–Kier alpha value is -2.07. The quantitative estimate of drug-likeness (QED) is 0.623. The van der Waals surface area contributed by atoms with Gasteiger partial charge in [-0.05, 0) is 36.2 Å². The van der Waals surface area contributed by atoms with Crippen LogP contribution in [0.4, 0.5) is 5.82 Å². The lowest BCUT2D eigenvalue weighted by Gasteiger charge is -2.09. The van der Waals surface area contributed by atoms with Crippen molar-refractivity contribution in [1.82, 2.24) is 4.98 Å². The summed E-state index contributed by atoms with van der Waals surface area (Å²) in [5.74, 6) is 6.83. The number of anilines is 1. The van der Waals surface area contributed by atoms with Crippen LogP contribution in [0.1, 0.15) is 11.1 Å². The van der Waals surface area contributed by atoms with Crippen molar-refractivity contribution in [3.63, 3.8) is 0 Å². The highest BCUT2D eigenvalue weighted by molar-refractivity contribution is 5.36. The van der Waals surface area contributed by atoms with Gasteiger partial charge in [0, 0.05) is 6.20 Å². The summed E-state index contributed by atoms with van der Waals surface area (Å²) in [5, 5.41) is 0. The summed E-state index contributed by atoms with van der Waals surface area (Å²) in [5.41, 5.74) is 4.66. The Morgan fingerprint density at radius 3 is 2.88 bits per heavy atom. The Kier molecular flexibility index (Phi) is 3.57. The number of hydrazine groups is 1. The van der Waals surface area contributed by atoms with Gasteiger partial charge >= 0.3 is 0 Å². The molecule has 0 atom stereocenters. The second-order valence-corrected chi connectivity index (χ2v) is 3.75. The van der Waals surface area contributed by atoms with Crippen LogP contribution in [0, 0.1) is 6.92 Å². The molecule has 88 valence electrons. The van der Waals surface area contributed by atoms with Crippen LogP contribution in [0.25, 0.3) is 0 Å². The average molecular weight is 229 g/mol. The van der Waals surface area contributed by atoms with Gasteiger partial charge < -0.3 is 10.2 Å². The maximum Gasteiger partial charge on any atom is 0.140 e. The number of ether oxygens (including phenoxy) is 1. The highest BCUT2D eigenvalue weighted by Gasteiger charge is 2.00. The molecule has 0 amide bonds. The van der Waals surface area contributed by atoms with Gasteiger partial charge in [-0.25, -0.2) is 10.8 Å². The Bertz CT molecular complexity index is 500. The Labute approximate surface area is 100 Å². The number of benzene rings is 1. The third kappa shape index (κ3) is 2.95. The first-order chi connectivity index (χ1) is 8.29. The molecule has 0 saturated carbocycles. The summed E-state index contributed by atoms with van der Waals surface area (Å²) in [6.45, 7) is 2.52. The van der Waals surface area contributed by atoms with Gasteiger partial charge in [-0.1, -0.05) is 18.2 Å². The number of aryl methyl sites for hydroxylation is 1. The van der Waals surface area contributed by atoms with Crippen LogP contribution in [-0.2, 0) is 6.61 Å². The lowest BCUT2D eigenvalue weighted by Crippen LogP contribution is -2.09. The molecular weight excluding hydrogens is 214 g/mol. The summed E-state index contributed by atoms with van der Waals surface area (Å²) < 4.78 is 5.73. The first kappa shape index (κ1) is 11.4. The van der Waals surface area contributed by atoms with Crippen LogP contribution in [0.5, 0.6) is 5.75 Å². The molecule has 0 saturated heterocycles. The fourth-order valence-corrected chi connectivity index (χ4v) is 1.52. The molecule has 3 N–H and O–H groups in total. The van der Waals surface area contributed by atoms with Gasteiger partial charge in [0.15, 0.2) is 0 Å². The van der Waals surface area contributed by atoms with Crippen molar-refractivity contribution in [2.45, 2.75) is 13.5 Å². The van der Waals surface area contributed by atoms with Gasteiger partial charge in [0.05, 0.1) is 0 Å². The van der Waals surface area contributed by atoms with Crippen molar-refractivity contribution in [1.29, 1.82) is 0 Å². The van der Waals surface area contributed by atoms with E-state index in [9.17, 15) is 0 Å². The zero-order valence-corrected chi connectivity index (χ0v) is 9.68. The molecule has 0 aliphatic heterocycles. The number of aromatic nitrogens is 1. The molecule has 4 heteroatoms. The minimum absolute atomic E-state index is 0.502. The lowest BCUT2D eigenvalue weighted by atomic mass is 10.2. The van der Waals surface area contributed by atoms with Gasteiger partial charge in [0.25, 0.3) is 0 Å². The van der Waals surface area contributed by atoms with E-state index in [2.05, 4.69) is 10.4 Å². The van der Waals surface area contributed by atoms with E-state index in [4.69, 9.17) is 10.6 Å². The molecule has 0 bridgehead atoms. The standard InChI is InChI=1S/C13H15N3O/c1-10-4-2-3-5-12(10)17-9-11-6-7-15-13(8-11)16-14/h2-8H,9,14H2,1H3,(H,15,16). The van der Waals surface area contributed by atoms with E-state index in [1.54, 1.807) is 6.20 Å². The largest absolute Gasteiger partial charge is 0.489 e. The van der Waals surface area contributed by atoms with Gasteiger partial charge in [0.1, 0.15) is 18.2 Å². The van der Waals surface area contributed by atoms with Crippen LogP contribution in [-0.4, -0.2) is 4.98 Å². The van der Waals surface area contributed by atoms with E-state index >= 15 is 0 Å². The third-order valence-electron chi connectivity index (χ3n) is 2.46. The molecule has 1 aromatic carbocycles. The average Bonchev–Trinajstić information content (AvgIpc) is 2.38. The number of pyridine rings is 1. The Balaban J connectivity index is 2.05. The maximum absolute atomic E-state index is 5.73. The number of nitrogens with zero attached hydrogens (tertiary/aromatic N) is 1. The SMILES string of the molecule is Cc1ccccc1OCc1ccnc(NN)c1. The number of hydrogen-bond donors (Lipinski definition) is 2. The van der Waals surface area contributed by atoms with Crippen molar-refractivity contribution < 1.29 is 4.74 Å². The van der Waals surface area contributed by atoms with E-state index < -0.39 is 0 Å². The summed E-state index contributed by atoms with van der Waals surface area (Å²) >= 11 is 0. The van der Waals surface area contributed by atoms with Gasteiger partial charge in [-0.15, -0.1) is 0 Å². The van der Waals surface area contributed by atoms with E-state index in [0.29, 0.717) is 12.4 Å². The molecule has 0 unspecified atom stereocenters. The third-order valence-corrected chi connectivity index (χ3v) is 2.46. The highest BCUT2D eigenvalue weighted by atomic mass is 16.5. The van der Waals surface area contributed by atoms with E-state index in [1.165, 1.54) is 0 Å². The molecule has 0 fully saturated rings. The number of para-hydroxylation sites is 1. The van der Waals surface area contributed by atoms with Crippen molar-refractivity contribution in [2.24, 2.45) is 5.84 Å². The van der Waals surface area contributed by atoms with E-state index in [0.717, 1.165) is 16.9 Å². The van der Waals surface area contributed by atoms with Crippen LogP contribution in [0.2, 0.25) is 0 Å². The fraction of sp³-hybridized carbons (Fsp3) is 0.154. The number of hydrogen-bond acceptors (Lipinski definition) is 4. The predicted octanol–water partition coefficient (Wildman–Crippen LogP) is 2.25. The van der Waals surface area contributed by atoms with Gasteiger partial charge in [0.2, 0.25) is 0 Å². The minimum atomic E-state index is 0.502. The van der Waals surface area contributed by atoms with Gasteiger partial charge in [-0.2, -0.15) is 0 Å². The first-order valence-electron chi connectivity index (χ1n) is 5.39. The second kappa shape index (κ2) is 5.32. The van der Waals surface area contributed by atoms with Crippen LogP contribution in [0.3, 0.4) is 0 Å². The zero-order chi connectivity index (χ0) is 12.1. The molecule has 0 aliphatic carbocycles. The highest BCUT2D eigenvalue weighted by Crippen LogP contribution is 2.18. The van der Waals surface area contributed by atoms with Crippen molar-refractivity contribution in [3.8, 4) is 5.75 Å². The number of nitrogens with one attached hydrogen (secondary N) is 1. The molecule has 2 aromatic rings. The second-order valence-electron chi connectivity index (χ2n) is 3.75. The fourth-order valence-electron chi connectivity index (χ4n) is 1.52. The van der Waals surface area contributed by atoms with Gasteiger partial charge in [-0.3, -0.25) is 0 Å². The van der Waals surface area contributed by atoms with Crippen LogP contribution >= 0.6 is 0 Å². The molecule has 1 aromatic heterocycles. The van der Waals surface area contributed by atoms with E-state index in [-0.39, 0.29) is 0 Å². The molecule has 0 aliphatic rings. The number of nitrogens with two attached hydrogens (primary N) is 1. The van der Waals surface area contributed by atoms with E-state index in [1.807, 2.05) is 43.3 Å². The van der Waals surface area contributed by atoms with Crippen molar-refractivity contribution in [2.75, 3.05) is 5.43 Å². The molecule has 17 heavy (non-hydrogen) atoms. The maximum atomic E-state index is 5.73. The van der Waals surface area contributed by atoms with Crippen LogP contribution in [0.15, 0.2) is 42.6 Å². The summed E-state index contributed by atoms with van der Waals surface area (Å²) in [6.07, 6.45) is 1.70. The molecular formula is C13H15N3O. The molecule has 4 nitrogen and oxygen atoms in total. The molecule has 0 spiro atoms. The molecule has 1 heterocycles. The molecule has 0 radical (unpaired) electrons. The minimum Gasteiger partial charge on any atom is -0.489 e. The number of rotatable bonds is 4. The smallest absolute Gasteiger partial charge is 0.140 e. The zero-order valence-electron chi connectivity index (χ0n) is 9.68. The summed E-state index contributed by atoms with van der Waals surface area (Å²) in [7, 11) is 0. The Morgan fingerprint density at radius 1 is 1.29 bits per heavy atom. The van der Waals surface area contributed by atoms with Crippen molar-refractivity contribution >= 4 is 5.82 Å². The number of nitrogen functional groups attached to an aromatic ring is 1. The topological polar surface area (TPSA) is 60.2 Å². The predicted molar refractivity (Wildman–Crippen MR) is 67.6 cm³/mol.